The van der Waals surface area contributed by atoms with Crippen LogP contribution in [0.25, 0.3) is 10.9 Å². The molecule has 21 heavy (non-hydrogen) atoms. The summed E-state index contributed by atoms with van der Waals surface area (Å²) in [6, 6.07) is 5.23. The average Bonchev–Trinajstić information content (AvgIpc) is 2.97. The predicted octanol–water partition coefficient (Wildman–Crippen LogP) is 2.46. The minimum atomic E-state index is -3.52. The molecule has 0 saturated heterocycles. The van der Waals surface area contributed by atoms with Crippen LogP contribution in [-0.4, -0.2) is 19.4 Å². The molecule has 1 heterocycles. The lowest BCUT2D eigenvalue weighted by molar-refractivity contribution is 0.402. The molecule has 1 aromatic heterocycles. The second-order valence-electron chi connectivity index (χ2n) is 6.10. The van der Waals surface area contributed by atoms with Crippen molar-refractivity contribution in [3.05, 3.63) is 24.4 Å². The van der Waals surface area contributed by atoms with Gasteiger partial charge in [0.05, 0.1) is 0 Å². The highest BCUT2D eigenvalue weighted by molar-refractivity contribution is 7.89. The zero-order valence-electron chi connectivity index (χ0n) is 12.3. The van der Waals surface area contributed by atoms with E-state index in [4.69, 9.17) is 5.73 Å². The van der Waals surface area contributed by atoms with Crippen molar-refractivity contribution in [3.63, 3.8) is 0 Å². The van der Waals surface area contributed by atoms with Crippen molar-refractivity contribution in [2.75, 3.05) is 5.73 Å². The molecule has 3 rings (SSSR count). The summed E-state index contributed by atoms with van der Waals surface area (Å²) in [4.78, 5) is 3.28. The fourth-order valence-electron chi connectivity index (χ4n) is 3.13. The molecule has 2 aromatic rings. The molecule has 0 spiro atoms. The Balaban J connectivity index is 1.94. The Labute approximate surface area is 125 Å². The number of nitrogens with one attached hydrogen (secondary N) is 2. The molecule has 3 atom stereocenters. The summed E-state index contributed by atoms with van der Waals surface area (Å²) in [6.45, 7) is 4.29. The van der Waals surface area contributed by atoms with Crippen molar-refractivity contribution in [1.29, 1.82) is 0 Å². The van der Waals surface area contributed by atoms with Crippen molar-refractivity contribution < 1.29 is 8.42 Å². The van der Waals surface area contributed by atoms with Gasteiger partial charge >= 0.3 is 0 Å². The molecule has 0 bridgehead atoms. The molecule has 0 radical (unpaired) electrons. The van der Waals surface area contributed by atoms with Crippen LogP contribution in [0.4, 0.5) is 5.69 Å². The smallest absolute Gasteiger partial charge is 0.242 e. The third kappa shape index (κ3) is 2.53. The average molecular weight is 307 g/mol. The van der Waals surface area contributed by atoms with Gasteiger partial charge in [-0.1, -0.05) is 13.8 Å². The van der Waals surface area contributed by atoms with E-state index in [9.17, 15) is 8.42 Å². The first-order chi connectivity index (χ1) is 9.88. The molecular weight excluding hydrogens is 286 g/mol. The predicted molar refractivity (Wildman–Crippen MR) is 84.4 cm³/mol. The Hall–Kier alpha value is -1.53. The largest absolute Gasteiger partial charge is 0.399 e. The topological polar surface area (TPSA) is 88.0 Å². The Bertz CT molecular complexity index is 766. The van der Waals surface area contributed by atoms with E-state index in [1.54, 1.807) is 18.2 Å². The highest BCUT2D eigenvalue weighted by Gasteiger charge is 2.33. The fraction of sp³-hybridized carbons (Fsp3) is 0.467. The van der Waals surface area contributed by atoms with Crippen molar-refractivity contribution in [1.82, 2.24) is 9.71 Å². The number of aromatic nitrogens is 1. The van der Waals surface area contributed by atoms with Gasteiger partial charge in [0.1, 0.15) is 4.90 Å². The van der Waals surface area contributed by atoms with E-state index in [-0.39, 0.29) is 6.04 Å². The fourth-order valence-corrected chi connectivity index (χ4v) is 4.67. The Kier molecular flexibility index (Phi) is 3.45. The lowest BCUT2D eigenvalue weighted by atomic mass is 9.98. The van der Waals surface area contributed by atoms with Gasteiger partial charge in [-0.2, -0.15) is 0 Å². The van der Waals surface area contributed by atoms with Gasteiger partial charge in [0.15, 0.2) is 0 Å². The number of benzene rings is 1. The number of hydrogen-bond donors (Lipinski definition) is 3. The monoisotopic (exact) mass is 307 g/mol. The van der Waals surface area contributed by atoms with Gasteiger partial charge in [0, 0.05) is 28.8 Å². The summed E-state index contributed by atoms with van der Waals surface area (Å²) >= 11 is 0. The maximum absolute atomic E-state index is 12.6. The van der Waals surface area contributed by atoms with Crippen molar-refractivity contribution >= 4 is 26.6 Å². The number of hydrogen-bond acceptors (Lipinski definition) is 3. The van der Waals surface area contributed by atoms with Crippen LogP contribution >= 0.6 is 0 Å². The summed E-state index contributed by atoms with van der Waals surface area (Å²) in [6.07, 6.45) is 3.51. The third-order valence-corrected chi connectivity index (χ3v) is 6.26. The Morgan fingerprint density at radius 2 is 2.05 bits per heavy atom. The van der Waals surface area contributed by atoms with E-state index in [0.717, 1.165) is 18.4 Å². The molecule has 6 heteroatoms. The second kappa shape index (κ2) is 5.03. The van der Waals surface area contributed by atoms with Crippen LogP contribution in [0.2, 0.25) is 0 Å². The van der Waals surface area contributed by atoms with Crippen molar-refractivity contribution in [2.24, 2.45) is 11.8 Å². The van der Waals surface area contributed by atoms with Crippen molar-refractivity contribution in [2.45, 2.75) is 37.6 Å². The maximum atomic E-state index is 12.6. The van der Waals surface area contributed by atoms with E-state index in [0.29, 0.717) is 27.8 Å². The maximum Gasteiger partial charge on any atom is 0.242 e. The van der Waals surface area contributed by atoms with Gasteiger partial charge in [-0.05, 0) is 42.9 Å². The zero-order chi connectivity index (χ0) is 15.2. The van der Waals surface area contributed by atoms with Gasteiger partial charge in [0.2, 0.25) is 10.0 Å². The first kappa shape index (κ1) is 14.4. The summed E-state index contributed by atoms with van der Waals surface area (Å²) in [5.74, 6) is 0.918. The van der Waals surface area contributed by atoms with Gasteiger partial charge < -0.3 is 10.7 Å². The quantitative estimate of drug-likeness (QED) is 0.761. The van der Waals surface area contributed by atoms with Crippen LogP contribution in [0.1, 0.15) is 26.7 Å². The Morgan fingerprint density at radius 3 is 2.71 bits per heavy atom. The highest BCUT2D eigenvalue weighted by Crippen LogP contribution is 2.33. The molecule has 1 aromatic carbocycles. The molecular formula is C15H21N3O2S. The van der Waals surface area contributed by atoms with Crippen molar-refractivity contribution in [3.8, 4) is 0 Å². The molecule has 0 amide bonds. The number of fused-ring (bicyclic) bond motifs is 1. The number of nitrogen functional groups attached to an aromatic ring is 1. The molecule has 1 saturated carbocycles. The molecule has 1 aliphatic carbocycles. The summed E-state index contributed by atoms with van der Waals surface area (Å²) in [7, 11) is -3.52. The van der Waals surface area contributed by atoms with Crippen LogP contribution < -0.4 is 10.5 Å². The highest BCUT2D eigenvalue weighted by atomic mass is 32.2. The van der Waals surface area contributed by atoms with Gasteiger partial charge in [0.25, 0.3) is 0 Å². The normalized spacial score (nSPS) is 26.5. The molecule has 5 nitrogen and oxygen atoms in total. The number of anilines is 1. The SMILES string of the molecule is CC1CCC(NS(=O)(=O)c2c[nH]c3cc(N)ccc23)C1C. The van der Waals surface area contributed by atoms with E-state index in [1.807, 2.05) is 0 Å². The summed E-state index contributed by atoms with van der Waals surface area (Å²) in [5, 5.41) is 0.676. The molecule has 3 unspecified atom stereocenters. The molecule has 1 aliphatic rings. The zero-order valence-corrected chi connectivity index (χ0v) is 13.1. The first-order valence-corrected chi connectivity index (χ1v) is 8.76. The minimum absolute atomic E-state index is 0.0173. The third-order valence-electron chi connectivity index (χ3n) is 4.73. The molecule has 1 fully saturated rings. The van der Waals surface area contributed by atoms with E-state index >= 15 is 0 Å². The van der Waals surface area contributed by atoms with Crippen LogP contribution in [0.3, 0.4) is 0 Å². The molecule has 0 aliphatic heterocycles. The number of aromatic amines is 1. The van der Waals surface area contributed by atoms with E-state index < -0.39 is 10.0 Å². The first-order valence-electron chi connectivity index (χ1n) is 7.27. The Morgan fingerprint density at radius 1 is 1.29 bits per heavy atom. The van der Waals surface area contributed by atoms with Crippen LogP contribution in [-0.2, 0) is 10.0 Å². The van der Waals surface area contributed by atoms with Crippen LogP contribution in [0.15, 0.2) is 29.3 Å². The van der Waals surface area contributed by atoms with Gasteiger partial charge in [-0.25, -0.2) is 13.1 Å². The number of sulfonamides is 1. The summed E-state index contributed by atoms with van der Waals surface area (Å²) in [5.41, 5.74) is 7.07. The molecule has 114 valence electrons. The lowest BCUT2D eigenvalue weighted by Gasteiger charge is -2.19. The number of rotatable bonds is 3. The van der Waals surface area contributed by atoms with Gasteiger partial charge in [-0.3, -0.25) is 0 Å². The number of H-pyrrole nitrogens is 1. The summed E-state index contributed by atoms with van der Waals surface area (Å²) < 4.78 is 28.1. The van der Waals surface area contributed by atoms with E-state index in [2.05, 4.69) is 23.6 Å². The van der Waals surface area contributed by atoms with E-state index in [1.165, 1.54) is 6.20 Å². The minimum Gasteiger partial charge on any atom is -0.399 e. The second-order valence-corrected chi connectivity index (χ2v) is 7.78. The molecule has 4 N–H and O–H groups in total. The van der Waals surface area contributed by atoms with Crippen LogP contribution in [0.5, 0.6) is 0 Å². The van der Waals surface area contributed by atoms with Gasteiger partial charge in [-0.15, -0.1) is 0 Å². The van der Waals surface area contributed by atoms with Crippen LogP contribution in [0, 0.1) is 11.8 Å². The lowest BCUT2D eigenvalue weighted by Crippen LogP contribution is -2.37. The standard InChI is InChI=1S/C15H21N3O2S/c1-9-3-6-13(10(9)2)18-21(19,20)15-8-17-14-7-11(16)4-5-12(14)15/h4-5,7-10,13,17-18H,3,6,16H2,1-2H3. The number of nitrogens with two attached hydrogens (primary N) is 1.